The van der Waals surface area contributed by atoms with Gasteiger partial charge in [-0.3, -0.25) is 9.78 Å². The van der Waals surface area contributed by atoms with Crippen LogP contribution in [0.15, 0.2) is 53.9 Å². The molecule has 23 heavy (non-hydrogen) atoms. The molecular formula is C17H17N3O3. The summed E-state index contributed by atoms with van der Waals surface area (Å²) in [6.45, 7) is 3.28. The summed E-state index contributed by atoms with van der Waals surface area (Å²) in [5.41, 5.74) is 0.571. The summed E-state index contributed by atoms with van der Waals surface area (Å²) < 4.78 is 11.2. The highest BCUT2D eigenvalue weighted by Gasteiger charge is 2.44. The highest BCUT2D eigenvalue weighted by molar-refractivity contribution is 5.96. The molecule has 0 bridgehead atoms. The van der Waals surface area contributed by atoms with E-state index < -0.39 is 5.72 Å². The summed E-state index contributed by atoms with van der Waals surface area (Å²) in [7, 11) is 1.61. The van der Waals surface area contributed by atoms with Gasteiger partial charge in [-0.05, 0) is 36.4 Å². The Hall–Kier alpha value is -2.89. The minimum atomic E-state index is -1.00. The summed E-state index contributed by atoms with van der Waals surface area (Å²) in [5, 5.41) is 5.70. The van der Waals surface area contributed by atoms with Crippen molar-refractivity contribution in [2.75, 3.05) is 7.11 Å². The van der Waals surface area contributed by atoms with Crippen LogP contribution in [0.3, 0.4) is 0 Å². The van der Waals surface area contributed by atoms with Gasteiger partial charge in [0.15, 0.2) is 0 Å². The summed E-state index contributed by atoms with van der Waals surface area (Å²) in [5.74, 6) is 0.924. The van der Waals surface area contributed by atoms with Gasteiger partial charge >= 0.3 is 0 Å². The Balaban J connectivity index is 1.99. The largest absolute Gasteiger partial charge is 0.497 e. The smallest absolute Gasteiger partial charge is 0.243 e. The van der Waals surface area contributed by atoms with Crippen molar-refractivity contribution < 1.29 is 14.3 Å². The van der Waals surface area contributed by atoms with E-state index in [-0.39, 0.29) is 5.91 Å². The van der Waals surface area contributed by atoms with E-state index in [1.54, 1.807) is 31.6 Å². The van der Waals surface area contributed by atoms with E-state index in [0.29, 0.717) is 5.90 Å². The average molecular weight is 311 g/mol. The number of amides is 1. The summed E-state index contributed by atoms with van der Waals surface area (Å²) in [6, 6.07) is 11.0. The third kappa shape index (κ3) is 2.63. The molecule has 2 aromatic rings. The lowest BCUT2D eigenvalue weighted by atomic mass is 10.0. The van der Waals surface area contributed by atoms with Gasteiger partial charge in [-0.15, -0.1) is 5.10 Å². The fourth-order valence-electron chi connectivity index (χ4n) is 2.50. The number of nitrogens with zero attached hydrogens (tertiary/aromatic N) is 3. The molecule has 0 saturated carbocycles. The zero-order valence-corrected chi connectivity index (χ0v) is 13.2. The van der Waals surface area contributed by atoms with Gasteiger partial charge in [-0.25, -0.2) is 0 Å². The Morgan fingerprint density at radius 2 is 1.83 bits per heavy atom. The van der Waals surface area contributed by atoms with Crippen LogP contribution in [0.1, 0.15) is 25.0 Å². The molecule has 1 aromatic heterocycles. The standard InChI is InChI=1S/C17H17N3O3/c1-12(21)20-17(2,14-4-6-15(22-3)7-5-14)23-16(19-20)13-8-10-18-11-9-13/h4-11H,1-3H3. The van der Waals surface area contributed by atoms with E-state index in [0.717, 1.165) is 16.9 Å². The van der Waals surface area contributed by atoms with E-state index in [9.17, 15) is 4.79 Å². The van der Waals surface area contributed by atoms with Crippen molar-refractivity contribution in [2.24, 2.45) is 5.10 Å². The lowest BCUT2D eigenvalue weighted by Gasteiger charge is -2.31. The maximum Gasteiger partial charge on any atom is 0.243 e. The van der Waals surface area contributed by atoms with E-state index >= 15 is 0 Å². The molecule has 0 N–H and O–H groups in total. The van der Waals surface area contributed by atoms with Crippen LogP contribution < -0.4 is 4.74 Å². The second kappa shape index (κ2) is 5.72. The van der Waals surface area contributed by atoms with Crippen molar-refractivity contribution in [1.82, 2.24) is 9.99 Å². The minimum Gasteiger partial charge on any atom is -0.497 e. The lowest BCUT2D eigenvalue weighted by molar-refractivity contribution is -0.146. The lowest BCUT2D eigenvalue weighted by Crippen LogP contribution is -2.41. The van der Waals surface area contributed by atoms with Crippen LogP contribution in [0.25, 0.3) is 0 Å². The van der Waals surface area contributed by atoms with Crippen LogP contribution >= 0.6 is 0 Å². The Morgan fingerprint density at radius 1 is 1.17 bits per heavy atom. The molecular weight excluding hydrogens is 294 g/mol. The topological polar surface area (TPSA) is 64.0 Å². The fraction of sp³-hybridized carbons (Fsp3) is 0.235. The van der Waals surface area contributed by atoms with Crippen LogP contribution in [0.5, 0.6) is 5.75 Å². The second-order valence-corrected chi connectivity index (χ2v) is 5.29. The molecule has 1 aliphatic rings. The van der Waals surface area contributed by atoms with E-state index in [4.69, 9.17) is 9.47 Å². The number of hydrogen-bond acceptors (Lipinski definition) is 5. The predicted octanol–water partition coefficient (Wildman–Crippen LogP) is 2.50. The first kappa shape index (κ1) is 15.0. The number of benzene rings is 1. The Bertz CT molecular complexity index is 743. The van der Waals surface area contributed by atoms with Crippen LogP contribution in [-0.4, -0.2) is 28.9 Å². The number of ether oxygens (including phenoxy) is 2. The normalized spacial score (nSPS) is 20.0. The average Bonchev–Trinajstić information content (AvgIpc) is 2.95. The van der Waals surface area contributed by atoms with Crippen molar-refractivity contribution in [2.45, 2.75) is 19.6 Å². The maximum absolute atomic E-state index is 12.0. The first-order chi connectivity index (χ1) is 11.0. The zero-order chi connectivity index (χ0) is 16.4. The summed E-state index contributed by atoms with van der Waals surface area (Å²) >= 11 is 0. The SMILES string of the molecule is COc1ccc(C2(C)OC(c3ccncc3)=NN2C(C)=O)cc1. The Kier molecular flexibility index (Phi) is 3.73. The van der Waals surface area contributed by atoms with Crippen LogP contribution in [-0.2, 0) is 15.3 Å². The third-order valence-corrected chi connectivity index (χ3v) is 3.74. The van der Waals surface area contributed by atoms with Gasteiger partial charge in [0.05, 0.1) is 7.11 Å². The summed E-state index contributed by atoms with van der Waals surface area (Å²) in [4.78, 5) is 16.0. The van der Waals surface area contributed by atoms with Gasteiger partial charge in [0.25, 0.3) is 0 Å². The number of pyridine rings is 1. The van der Waals surface area contributed by atoms with Gasteiger partial charge in [-0.1, -0.05) is 0 Å². The second-order valence-electron chi connectivity index (χ2n) is 5.29. The van der Waals surface area contributed by atoms with Crippen molar-refractivity contribution >= 4 is 11.8 Å². The predicted molar refractivity (Wildman–Crippen MR) is 84.7 cm³/mol. The molecule has 1 aromatic carbocycles. The van der Waals surface area contributed by atoms with Crippen molar-refractivity contribution in [3.8, 4) is 5.75 Å². The van der Waals surface area contributed by atoms with Gasteiger partial charge in [0.1, 0.15) is 5.75 Å². The number of methoxy groups -OCH3 is 1. The summed E-state index contributed by atoms with van der Waals surface area (Å²) in [6.07, 6.45) is 3.31. The molecule has 0 aliphatic carbocycles. The number of carbonyl (C=O) groups is 1. The first-order valence-electron chi connectivity index (χ1n) is 7.18. The molecule has 3 rings (SSSR count). The van der Waals surface area contributed by atoms with E-state index in [1.807, 2.05) is 31.2 Å². The molecule has 1 aliphatic heterocycles. The van der Waals surface area contributed by atoms with Gasteiger partial charge in [0, 0.05) is 37.4 Å². The van der Waals surface area contributed by atoms with Gasteiger partial charge in [0.2, 0.25) is 17.5 Å². The molecule has 0 saturated heterocycles. The fourth-order valence-corrected chi connectivity index (χ4v) is 2.50. The van der Waals surface area contributed by atoms with E-state index in [1.165, 1.54) is 11.9 Å². The first-order valence-corrected chi connectivity index (χ1v) is 7.18. The van der Waals surface area contributed by atoms with Crippen LogP contribution in [0.4, 0.5) is 0 Å². The molecule has 0 fully saturated rings. The van der Waals surface area contributed by atoms with Crippen molar-refractivity contribution in [1.29, 1.82) is 0 Å². The van der Waals surface area contributed by atoms with Crippen molar-refractivity contribution in [3.63, 3.8) is 0 Å². The zero-order valence-electron chi connectivity index (χ0n) is 13.2. The molecule has 6 heteroatoms. The Labute approximate surface area is 134 Å². The van der Waals surface area contributed by atoms with Crippen LogP contribution in [0.2, 0.25) is 0 Å². The number of hydrazone groups is 1. The molecule has 1 amide bonds. The van der Waals surface area contributed by atoms with Gasteiger partial charge in [-0.2, -0.15) is 5.01 Å². The quantitative estimate of drug-likeness (QED) is 0.873. The monoisotopic (exact) mass is 311 g/mol. The molecule has 0 radical (unpaired) electrons. The number of carbonyl (C=O) groups excluding carboxylic acids is 1. The third-order valence-electron chi connectivity index (χ3n) is 3.74. The number of aromatic nitrogens is 1. The molecule has 0 spiro atoms. The van der Waals surface area contributed by atoms with Crippen LogP contribution in [0, 0.1) is 0 Å². The number of hydrogen-bond donors (Lipinski definition) is 0. The highest BCUT2D eigenvalue weighted by atomic mass is 16.6. The van der Waals surface area contributed by atoms with E-state index in [2.05, 4.69) is 10.1 Å². The molecule has 6 nitrogen and oxygen atoms in total. The maximum atomic E-state index is 12.0. The molecule has 118 valence electrons. The van der Waals surface area contributed by atoms with Gasteiger partial charge < -0.3 is 9.47 Å². The van der Waals surface area contributed by atoms with Crippen molar-refractivity contribution in [3.05, 3.63) is 59.9 Å². The number of rotatable bonds is 3. The minimum absolute atomic E-state index is 0.202. The Morgan fingerprint density at radius 3 is 2.39 bits per heavy atom. The molecule has 2 heterocycles. The molecule has 1 unspecified atom stereocenters. The molecule has 1 atom stereocenters. The highest BCUT2D eigenvalue weighted by Crippen LogP contribution is 2.37.